The number of nitrogens with zero attached hydrogens (tertiary/aromatic N) is 1. The molecule has 1 fully saturated rings. The molecule has 0 aromatic heterocycles. The summed E-state index contributed by atoms with van der Waals surface area (Å²) in [5.74, 6) is -0.388. The highest BCUT2D eigenvalue weighted by molar-refractivity contribution is 8.18. The first-order valence-corrected chi connectivity index (χ1v) is 8.85. The van der Waals surface area contributed by atoms with Crippen LogP contribution < -0.4 is 0 Å². The summed E-state index contributed by atoms with van der Waals surface area (Å²) in [6, 6.07) is 12.2. The fourth-order valence-corrected chi connectivity index (χ4v) is 3.74. The number of hydrogen-bond acceptors (Lipinski definition) is 3. The molecule has 2 aromatic rings. The fraction of sp³-hybridized carbons (Fsp3) is 0.0588. The Morgan fingerprint density at radius 1 is 0.917 bits per heavy atom. The van der Waals surface area contributed by atoms with Crippen molar-refractivity contribution < 1.29 is 9.59 Å². The molecule has 0 spiro atoms. The molecule has 1 aliphatic heterocycles. The summed E-state index contributed by atoms with van der Waals surface area (Å²) in [5, 5.41) is 0.991. The van der Waals surface area contributed by atoms with Gasteiger partial charge in [0.15, 0.2) is 0 Å². The Kier molecular flexibility index (Phi) is 5.21. The quantitative estimate of drug-likeness (QED) is 0.606. The van der Waals surface area contributed by atoms with Gasteiger partial charge in [-0.2, -0.15) is 0 Å². The van der Waals surface area contributed by atoms with Crippen LogP contribution in [0.2, 0.25) is 15.1 Å². The first-order chi connectivity index (χ1) is 11.5. The van der Waals surface area contributed by atoms with Crippen molar-refractivity contribution in [1.29, 1.82) is 0 Å². The molecule has 3 nitrogen and oxygen atoms in total. The maximum absolute atomic E-state index is 12.5. The summed E-state index contributed by atoms with van der Waals surface area (Å²) in [4.78, 5) is 26.2. The van der Waals surface area contributed by atoms with Gasteiger partial charge in [-0.3, -0.25) is 14.5 Å². The first kappa shape index (κ1) is 17.4. The summed E-state index contributed by atoms with van der Waals surface area (Å²) in [7, 11) is 0. The fourth-order valence-electron chi connectivity index (χ4n) is 2.21. The van der Waals surface area contributed by atoms with Crippen LogP contribution in [0.15, 0.2) is 47.4 Å². The van der Waals surface area contributed by atoms with Crippen molar-refractivity contribution in [2.24, 2.45) is 0 Å². The molecule has 2 aromatic carbocycles. The lowest BCUT2D eigenvalue weighted by Gasteiger charge is -2.13. The lowest BCUT2D eigenvalue weighted by Crippen LogP contribution is -2.27. The van der Waals surface area contributed by atoms with E-state index < -0.39 is 0 Å². The molecule has 0 atom stereocenters. The zero-order valence-electron chi connectivity index (χ0n) is 12.1. The third-order valence-electron chi connectivity index (χ3n) is 3.44. The molecule has 1 heterocycles. The molecular weight excluding hydrogens is 389 g/mol. The van der Waals surface area contributed by atoms with Crippen LogP contribution in [-0.2, 0) is 11.3 Å². The van der Waals surface area contributed by atoms with E-state index in [1.54, 1.807) is 48.5 Å². The summed E-state index contributed by atoms with van der Waals surface area (Å²) in [6.45, 7) is 0.123. The average molecular weight is 399 g/mol. The Labute approximate surface area is 158 Å². The van der Waals surface area contributed by atoms with Gasteiger partial charge in [-0.25, -0.2) is 0 Å². The number of carbonyl (C=O) groups excluding carboxylic acids is 2. The molecular formula is C17H10Cl3NO2S. The normalized spacial score (nSPS) is 16.3. The first-order valence-electron chi connectivity index (χ1n) is 6.90. The molecule has 3 rings (SSSR count). The lowest BCUT2D eigenvalue weighted by molar-refractivity contribution is -0.123. The van der Waals surface area contributed by atoms with E-state index in [0.717, 1.165) is 16.7 Å². The predicted octanol–water partition coefficient (Wildman–Crippen LogP) is 5.88. The number of halogens is 3. The van der Waals surface area contributed by atoms with E-state index in [-0.39, 0.29) is 22.6 Å². The van der Waals surface area contributed by atoms with Gasteiger partial charge in [0.25, 0.3) is 11.1 Å². The van der Waals surface area contributed by atoms with E-state index in [1.807, 2.05) is 0 Å². The van der Waals surface area contributed by atoms with Crippen LogP contribution in [-0.4, -0.2) is 16.0 Å². The smallest absolute Gasteiger partial charge is 0.268 e. The van der Waals surface area contributed by atoms with Crippen LogP contribution in [0.4, 0.5) is 4.79 Å². The Bertz CT molecular complexity index is 846. The summed E-state index contributed by atoms with van der Waals surface area (Å²) in [6.07, 6.45) is 1.54. The Balaban J connectivity index is 1.89. The number of rotatable bonds is 3. The number of hydrogen-bond donors (Lipinski definition) is 0. The van der Waals surface area contributed by atoms with Crippen molar-refractivity contribution in [3.8, 4) is 0 Å². The van der Waals surface area contributed by atoms with Crippen molar-refractivity contribution in [1.82, 2.24) is 4.90 Å². The molecule has 0 bridgehead atoms. The van der Waals surface area contributed by atoms with Gasteiger partial charge in [0.05, 0.1) is 11.4 Å². The summed E-state index contributed by atoms with van der Waals surface area (Å²) < 4.78 is 0. The largest absolute Gasteiger partial charge is 0.293 e. The molecule has 1 saturated heterocycles. The predicted molar refractivity (Wildman–Crippen MR) is 99.4 cm³/mol. The van der Waals surface area contributed by atoms with Crippen molar-refractivity contribution >= 4 is 63.8 Å². The SMILES string of the molecule is O=C1S/C(=C/c2c(Cl)cccc2Cl)C(=O)N1Cc1ccccc1Cl. The molecule has 2 amide bonds. The Morgan fingerprint density at radius 3 is 2.21 bits per heavy atom. The average Bonchev–Trinajstić information content (AvgIpc) is 2.80. The molecule has 0 radical (unpaired) electrons. The van der Waals surface area contributed by atoms with E-state index >= 15 is 0 Å². The molecule has 122 valence electrons. The van der Waals surface area contributed by atoms with Crippen LogP contribution >= 0.6 is 46.6 Å². The summed E-state index contributed by atoms with van der Waals surface area (Å²) >= 11 is 19.2. The van der Waals surface area contributed by atoms with Gasteiger partial charge in [0, 0.05) is 20.6 Å². The second kappa shape index (κ2) is 7.19. The number of amides is 2. The minimum Gasteiger partial charge on any atom is -0.268 e. The van der Waals surface area contributed by atoms with Crippen LogP contribution in [0.3, 0.4) is 0 Å². The highest BCUT2D eigenvalue weighted by Crippen LogP contribution is 2.36. The molecule has 0 aliphatic carbocycles. The van der Waals surface area contributed by atoms with Gasteiger partial charge in [-0.1, -0.05) is 59.1 Å². The van der Waals surface area contributed by atoms with Crippen molar-refractivity contribution in [2.75, 3.05) is 0 Å². The number of thioether (sulfide) groups is 1. The number of benzene rings is 2. The third-order valence-corrected chi connectivity index (χ3v) is 5.37. The lowest BCUT2D eigenvalue weighted by atomic mass is 10.2. The molecule has 24 heavy (non-hydrogen) atoms. The zero-order valence-corrected chi connectivity index (χ0v) is 15.2. The van der Waals surface area contributed by atoms with Crippen molar-refractivity contribution in [3.05, 3.63) is 73.6 Å². The van der Waals surface area contributed by atoms with E-state index in [9.17, 15) is 9.59 Å². The molecule has 7 heteroatoms. The Morgan fingerprint density at radius 2 is 1.54 bits per heavy atom. The monoisotopic (exact) mass is 397 g/mol. The van der Waals surface area contributed by atoms with Gasteiger partial charge < -0.3 is 0 Å². The van der Waals surface area contributed by atoms with Crippen LogP contribution in [0, 0.1) is 0 Å². The topological polar surface area (TPSA) is 37.4 Å². The van der Waals surface area contributed by atoms with Crippen molar-refractivity contribution in [2.45, 2.75) is 6.54 Å². The van der Waals surface area contributed by atoms with Crippen LogP contribution in [0.5, 0.6) is 0 Å². The van der Waals surface area contributed by atoms with E-state index in [4.69, 9.17) is 34.8 Å². The summed E-state index contributed by atoms with van der Waals surface area (Å²) in [5.41, 5.74) is 1.22. The van der Waals surface area contributed by atoms with Crippen LogP contribution in [0.1, 0.15) is 11.1 Å². The molecule has 0 unspecified atom stereocenters. The highest BCUT2D eigenvalue weighted by Gasteiger charge is 2.35. The van der Waals surface area contributed by atoms with E-state index in [2.05, 4.69) is 0 Å². The Hall–Kier alpha value is -1.46. The van der Waals surface area contributed by atoms with Gasteiger partial charge in [-0.05, 0) is 41.6 Å². The maximum atomic E-state index is 12.5. The van der Waals surface area contributed by atoms with Crippen LogP contribution in [0.25, 0.3) is 6.08 Å². The van der Waals surface area contributed by atoms with E-state index in [0.29, 0.717) is 26.2 Å². The van der Waals surface area contributed by atoms with Gasteiger partial charge >= 0.3 is 0 Å². The van der Waals surface area contributed by atoms with Gasteiger partial charge in [-0.15, -0.1) is 0 Å². The second-order valence-electron chi connectivity index (χ2n) is 4.99. The standard InChI is InChI=1S/C17H10Cl3NO2S/c18-12-5-2-1-4-10(12)9-21-16(22)15(24-17(21)23)8-11-13(19)6-3-7-14(11)20/h1-8H,9H2/b15-8+. The van der Waals surface area contributed by atoms with Crippen molar-refractivity contribution in [3.63, 3.8) is 0 Å². The van der Waals surface area contributed by atoms with Gasteiger partial charge in [0.1, 0.15) is 0 Å². The van der Waals surface area contributed by atoms with Gasteiger partial charge in [0.2, 0.25) is 0 Å². The number of carbonyl (C=O) groups is 2. The maximum Gasteiger partial charge on any atom is 0.293 e. The highest BCUT2D eigenvalue weighted by atomic mass is 35.5. The second-order valence-corrected chi connectivity index (χ2v) is 7.21. The van der Waals surface area contributed by atoms with E-state index in [1.165, 1.54) is 0 Å². The minimum absolute atomic E-state index is 0.123. The molecule has 0 N–H and O–H groups in total. The minimum atomic E-state index is -0.388. The third kappa shape index (κ3) is 3.47. The molecule has 0 saturated carbocycles. The molecule has 1 aliphatic rings. The number of imide groups is 1. The zero-order chi connectivity index (χ0) is 17.3.